The lowest BCUT2D eigenvalue weighted by Crippen LogP contribution is -2.43. The van der Waals surface area contributed by atoms with E-state index in [1.165, 1.54) is 5.56 Å². The number of rotatable bonds is 8. The molecular weight excluding hydrogens is 372 g/mol. The van der Waals surface area contributed by atoms with E-state index in [-0.39, 0.29) is 25.4 Å². The van der Waals surface area contributed by atoms with Gasteiger partial charge in [0.25, 0.3) is 5.91 Å². The largest absolute Gasteiger partial charge is 0.484 e. The Labute approximate surface area is 168 Å². The number of nitrogens with zero attached hydrogens (tertiary/aromatic N) is 2. The molecule has 0 spiro atoms. The minimum atomic E-state index is -0.456. The molecule has 0 bridgehead atoms. The minimum absolute atomic E-state index is 0.0933. The summed E-state index contributed by atoms with van der Waals surface area (Å²) in [5, 5.41) is 3.90. The van der Waals surface area contributed by atoms with Gasteiger partial charge in [-0.2, -0.15) is 4.98 Å². The van der Waals surface area contributed by atoms with Gasteiger partial charge >= 0.3 is 0 Å². The van der Waals surface area contributed by atoms with Crippen LogP contribution in [0.15, 0.2) is 59.1 Å². The molecule has 1 aromatic heterocycles. The number of ether oxygens (including phenoxy) is 1. The van der Waals surface area contributed by atoms with E-state index < -0.39 is 5.91 Å². The van der Waals surface area contributed by atoms with Crippen LogP contribution in [0.1, 0.15) is 24.8 Å². The number of nitrogens with one attached hydrogen (secondary N) is 2. The summed E-state index contributed by atoms with van der Waals surface area (Å²) >= 11 is 0. The van der Waals surface area contributed by atoms with Crippen LogP contribution in [0.5, 0.6) is 5.75 Å². The third-order valence-electron chi connectivity index (χ3n) is 4.11. The lowest BCUT2D eigenvalue weighted by Gasteiger charge is -2.08. The zero-order valence-corrected chi connectivity index (χ0v) is 16.1. The van der Waals surface area contributed by atoms with Crippen LogP contribution in [-0.2, 0) is 22.4 Å². The Morgan fingerprint density at radius 1 is 1.00 bits per heavy atom. The fourth-order valence-electron chi connectivity index (χ4n) is 2.49. The molecule has 29 heavy (non-hydrogen) atoms. The maximum Gasteiger partial charge on any atom is 0.276 e. The predicted octanol–water partition coefficient (Wildman–Crippen LogP) is 2.46. The monoisotopic (exact) mass is 394 g/mol. The normalized spacial score (nSPS) is 10.4. The fourth-order valence-corrected chi connectivity index (χ4v) is 2.49. The van der Waals surface area contributed by atoms with Crippen molar-refractivity contribution in [3.05, 3.63) is 66.1 Å². The Balaban J connectivity index is 1.36. The number of hydrogen-bond acceptors (Lipinski definition) is 6. The van der Waals surface area contributed by atoms with E-state index in [4.69, 9.17) is 9.26 Å². The SMILES string of the molecule is CCc1ccc(OCC(=O)NNC(=O)CCc2nc(-c3ccccc3)no2)cc1. The number of aryl methyl sites for hydroxylation is 2. The van der Waals surface area contributed by atoms with E-state index in [1.807, 2.05) is 42.5 Å². The second-order valence-electron chi connectivity index (χ2n) is 6.26. The number of amides is 2. The van der Waals surface area contributed by atoms with E-state index in [9.17, 15) is 9.59 Å². The molecule has 0 fully saturated rings. The second kappa shape index (κ2) is 10.0. The molecular formula is C21H22N4O4. The third kappa shape index (κ3) is 6.17. The first kappa shape index (κ1) is 20.1. The van der Waals surface area contributed by atoms with Crippen LogP contribution in [0, 0.1) is 0 Å². The summed E-state index contributed by atoms with van der Waals surface area (Å²) in [6, 6.07) is 16.9. The molecule has 8 nitrogen and oxygen atoms in total. The fraction of sp³-hybridized carbons (Fsp3) is 0.238. The molecule has 0 unspecified atom stereocenters. The quantitative estimate of drug-likeness (QED) is 0.569. The molecule has 150 valence electrons. The molecule has 1 heterocycles. The maximum atomic E-state index is 11.9. The Morgan fingerprint density at radius 3 is 2.45 bits per heavy atom. The van der Waals surface area contributed by atoms with Crippen molar-refractivity contribution in [2.45, 2.75) is 26.2 Å². The van der Waals surface area contributed by atoms with Crippen LogP contribution < -0.4 is 15.6 Å². The van der Waals surface area contributed by atoms with Gasteiger partial charge in [-0.1, -0.05) is 54.5 Å². The summed E-state index contributed by atoms with van der Waals surface area (Å²) in [5.41, 5.74) is 6.67. The summed E-state index contributed by atoms with van der Waals surface area (Å²) < 4.78 is 10.5. The first-order valence-corrected chi connectivity index (χ1v) is 9.31. The molecule has 0 radical (unpaired) electrons. The van der Waals surface area contributed by atoms with Gasteiger partial charge in [-0.25, -0.2) is 0 Å². The first-order valence-electron chi connectivity index (χ1n) is 9.31. The smallest absolute Gasteiger partial charge is 0.276 e. The van der Waals surface area contributed by atoms with E-state index >= 15 is 0 Å². The van der Waals surface area contributed by atoms with Crippen molar-refractivity contribution in [3.63, 3.8) is 0 Å². The van der Waals surface area contributed by atoms with Gasteiger partial charge in [0.05, 0.1) is 0 Å². The van der Waals surface area contributed by atoms with Gasteiger partial charge in [0, 0.05) is 18.4 Å². The molecule has 2 aromatic carbocycles. The van der Waals surface area contributed by atoms with Crippen LogP contribution >= 0.6 is 0 Å². The van der Waals surface area contributed by atoms with E-state index in [0.717, 1.165) is 12.0 Å². The van der Waals surface area contributed by atoms with Crippen molar-refractivity contribution in [3.8, 4) is 17.1 Å². The molecule has 8 heteroatoms. The average Bonchev–Trinajstić information content (AvgIpc) is 3.25. The van der Waals surface area contributed by atoms with Crippen molar-refractivity contribution < 1.29 is 18.8 Å². The van der Waals surface area contributed by atoms with Gasteiger partial charge in [-0.15, -0.1) is 0 Å². The minimum Gasteiger partial charge on any atom is -0.484 e. The van der Waals surface area contributed by atoms with Crippen molar-refractivity contribution in [2.75, 3.05) is 6.61 Å². The van der Waals surface area contributed by atoms with E-state index in [0.29, 0.717) is 17.5 Å². The Hall–Kier alpha value is -3.68. The highest BCUT2D eigenvalue weighted by molar-refractivity contribution is 5.82. The van der Waals surface area contributed by atoms with Gasteiger partial charge in [-0.3, -0.25) is 20.4 Å². The standard InChI is InChI=1S/C21H22N4O4/c1-2-15-8-10-17(11-9-15)28-14-19(27)24-23-18(26)12-13-20-22-21(25-29-20)16-6-4-3-5-7-16/h3-11H,2,12-14H2,1H3,(H,23,26)(H,24,27). The molecule has 3 aromatic rings. The summed E-state index contributed by atoms with van der Waals surface area (Å²) in [4.78, 5) is 27.9. The van der Waals surface area contributed by atoms with Gasteiger partial charge in [0.2, 0.25) is 17.6 Å². The van der Waals surface area contributed by atoms with Gasteiger partial charge in [0.15, 0.2) is 6.61 Å². The zero-order chi connectivity index (χ0) is 20.5. The lowest BCUT2D eigenvalue weighted by atomic mass is 10.2. The van der Waals surface area contributed by atoms with Crippen LogP contribution in [0.3, 0.4) is 0 Å². The second-order valence-corrected chi connectivity index (χ2v) is 6.26. The molecule has 0 atom stereocenters. The predicted molar refractivity (Wildman–Crippen MR) is 106 cm³/mol. The Bertz CT molecular complexity index is 939. The summed E-state index contributed by atoms with van der Waals surface area (Å²) in [5.74, 6) is 0.587. The topological polar surface area (TPSA) is 106 Å². The summed E-state index contributed by atoms with van der Waals surface area (Å²) in [7, 11) is 0. The summed E-state index contributed by atoms with van der Waals surface area (Å²) in [6.07, 6.45) is 1.29. The van der Waals surface area contributed by atoms with Gasteiger partial charge in [0.1, 0.15) is 5.75 Å². The van der Waals surface area contributed by atoms with Crippen molar-refractivity contribution in [1.29, 1.82) is 0 Å². The first-order chi connectivity index (χ1) is 14.1. The number of carbonyl (C=O) groups is 2. The molecule has 0 aliphatic carbocycles. The average molecular weight is 394 g/mol. The van der Waals surface area contributed by atoms with Crippen LogP contribution in [0.25, 0.3) is 11.4 Å². The maximum absolute atomic E-state index is 11.9. The highest BCUT2D eigenvalue weighted by atomic mass is 16.5. The number of aromatic nitrogens is 2. The zero-order valence-electron chi connectivity index (χ0n) is 16.1. The molecule has 2 N–H and O–H groups in total. The number of benzene rings is 2. The molecule has 0 saturated heterocycles. The number of hydrogen-bond donors (Lipinski definition) is 2. The van der Waals surface area contributed by atoms with E-state index in [2.05, 4.69) is 27.9 Å². The molecule has 0 aliphatic heterocycles. The van der Waals surface area contributed by atoms with Crippen LogP contribution in [0.2, 0.25) is 0 Å². The number of carbonyl (C=O) groups excluding carboxylic acids is 2. The van der Waals surface area contributed by atoms with E-state index in [1.54, 1.807) is 12.1 Å². The van der Waals surface area contributed by atoms with Crippen molar-refractivity contribution in [2.24, 2.45) is 0 Å². The Kier molecular flexibility index (Phi) is 6.94. The van der Waals surface area contributed by atoms with Crippen LogP contribution in [-0.4, -0.2) is 28.6 Å². The lowest BCUT2D eigenvalue weighted by molar-refractivity contribution is -0.130. The van der Waals surface area contributed by atoms with Crippen molar-refractivity contribution >= 4 is 11.8 Å². The molecule has 0 saturated carbocycles. The van der Waals surface area contributed by atoms with Gasteiger partial charge < -0.3 is 9.26 Å². The van der Waals surface area contributed by atoms with Crippen molar-refractivity contribution in [1.82, 2.24) is 21.0 Å². The van der Waals surface area contributed by atoms with Crippen LogP contribution in [0.4, 0.5) is 0 Å². The molecule has 3 rings (SSSR count). The Morgan fingerprint density at radius 2 is 1.72 bits per heavy atom. The number of hydrazine groups is 1. The van der Waals surface area contributed by atoms with Gasteiger partial charge in [-0.05, 0) is 24.1 Å². The molecule has 0 aliphatic rings. The highest BCUT2D eigenvalue weighted by Gasteiger charge is 2.11. The summed E-state index contributed by atoms with van der Waals surface area (Å²) in [6.45, 7) is 1.86. The third-order valence-corrected chi connectivity index (χ3v) is 4.11. The molecule has 2 amide bonds. The highest BCUT2D eigenvalue weighted by Crippen LogP contribution is 2.15.